The van der Waals surface area contributed by atoms with E-state index in [1.807, 2.05) is 36.4 Å². The van der Waals surface area contributed by atoms with E-state index in [1.165, 1.54) is 0 Å². The molecule has 7 rings (SSSR count). The van der Waals surface area contributed by atoms with E-state index in [9.17, 15) is 0 Å². The lowest BCUT2D eigenvalue weighted by molar-refractivity contribution is 0.412. The van der Waals surface area contributed by atoms with Gasteiger partial charge in [-0.2, -0.15) is 0 Å². The smallest absolute Gasteiger partial charge is 0.0705 e. The van der Waals surface area contributed by atoms with Gasteiger partial charge in [0, 0.05) is 52.5 Å². The van der Waals surface area contributed by atoms with Crippen LogP contribution in [0.1, 0.15) is 55.6 Å². The summed E-state index contributed by atoms with van der Waals surface area (Å²) < 4.78 is 0. The van der Waals surface area contributed by atoms with Crippen molar-refractivity contribution in [3.8, 4) is 0 Å². The highest BCUT2D eigenvalue weighted by Crippen LogP contribution is 2.46. The van der Waals surface area contributed by atoms with Crippen LogP contribution < -0.4 is 0 Å². The molecule has 0 radical (unpaired) electrons. The quantitative estimate of drug-likeness (QED) is 0.168. The highest BCUT2D eigenvalue weighted by molar-refractivity contribution is 6.26. The van der Waals surface area contributed by atoms with Crippen LogP contribution in [-0.4, -0.2) is 29.6 Å². The van der Waals surface area contributed by atoms with Crippen molar-refractivity contribution in [1.29, 1.82) is 0 Å². The summed E-state index contributed by atoms with van der Waals surface area (Å²) >= 11 is 22.9. The Hall–Kier alpha value is -3.24. The zero-order chi connectivity index (χ0) is 30.9. The van der Waals surface area contributed by atoms with Crippen molar-refractivity contribution in [2.24, 2.45) is 0 Å². The van der Waals surface area contributed by atoms with Gasteiger partial charge < -0.3 is 0 Å². The number of para-hydroxylation sites is 3. The van der Waals surface area contributed by atoms with Gasteiger partial charge in [0.1, 0.15) is 0 Å². The average molecular weight is 653 g/mol. The van der Waals surface area contributed by atoms with Crippen LogP contribution in [0.15, 0.2) is 109 Å². The topological polar surface area (TPSA) is 38.7 Å². The lowest BCUT2D eigenvalue weighted by Gasteiger charge is -2.31. The molecule has 0 spiro atoms. The third kappa shape index (κ3) is 7.12. The van der Waals surface area contributed by atoms with Crippen LogP contribution in [0.2, 0.25) is 0 Å². The molecular formula is C39H36Cl3N3. The molecule has 228 valence electrons. The van der Waals surface area contributed by atoms with E-state index in [1.54, 1.807) is 0 Å². The van der Waals surface area contributed by atoms with Gasteiger partial charge in [-0.3, -0.25) is 15.0 Å². The predicted molar refractivity (Wildman–Crippen MR) is 190 cm³/mol. The minimum absolute atomic E-state index is 0.534. The summed E-state index contributed by atoms with van der Waals surface area (Å²) in [7, 11) is 0. The highest BCUT2D eigenvalue weighted by atomic mass is 35.5. The molecule has 1 saturated carbocycles. The molecule has 3 heterocycles. The van der Waals surface area contributed by atoms with Gasteiger partial charge in [-0.25, -0.2) is 0 Å². The molecule has 45 heavy (non-hydrogen) atoms. The number of aromatic nitrogens is 3. The number of hydrogen-bond donors (Lipinski definition) is 0. The summed E-state index contributed by atoms with van der Waals surface area (Å²) in [5, 5.41) is 3.39. The fraction of sp³-hybridized carbons (Fsp3) is 0.308. The lowest BCUT2D eigenvalue weighted by Crippen LogP contribution is -2.31. The number of nitrogens with zero attached hydrogens (tertiary/aromatic N) is 3. The summed E-state index contributed by atoms with van der Waals surface area (Å²) in [6, 6.07) is 37.4. The second-order valence-corrected chi connectivity index (χ2v) is 15.4. The molecule has 3 nitrogen and oxygen atoms in total. The van der Waals surface area contributed by atoms with Crippen molar-refractivity contribution in [3.05, 3.63) is 126 Å². The van der Waals surface area contributed by atoms with Crippen molar-refractivity contribution < 1.29 is 0 Å². The first kappa shape index (κ1) is 30.4. The van der Waals surface area contributed by atoms with E-state index < -0.39 is 14.6 Å². The summed E-state index contributed by atoms with van der Waals surface area (Å²) in [5.41, 5.74) is 5.95. The number of hydrogen-bond acceptors (Lipinski definition) is 3. The van der Waals surface area contributed by atoms with Crippen LogP contribution in [0.25, 0.3) is 32.7 Å². The first-order valence-electron chi connectivity index (χ1n) is 15.9. The van der Waals surface area contributed by atoms with Gasteiger partial charge in [-0.15, -0.1) is 34.8 Å². The molecule has 0 unspecified atom stereocenters. The highest BCUT2D eigenvalue weighted by Gasteiger charge is 2.42. The van der Waals surface area contributed by atoms with E-state index in [-0.39, 0.29) is 0 Å². The summed E-state index contributed by atoms with van der Waals surface area (Å²) in [4.78, 5) is 13.4. The molecule has 3 aromatic heterocycles. The Balaban J connectivity index is 1.20. The van der Waals surface area contributed by atoms with E-state index in [0.29, 0.717) is 19.3 Å². The van der Waals surface area contributed by atoms with Crippen LogP contribution in [0.3, 0.4) is 0 Å². The van der Waals surface area contributed by atoms with Crippen molar-refractivity contribution in [3.63, 3.8) is 0 Å². The monoisotopic (exact) mass is 651 g/mol. The van der Waals surface area contributed by atoms with Gasteiger partial charge in [0.15, 0.2) is 0 Å². The van der Waals surface area contributed by atoms with E-state index in [2.05, 4.69) is 72.8 Å². The van der Waals surface area contributed by atoms with Gasteiger partial charge in [0.25, 0.3) is 0 Å². The molecule has 6 aromatic rings. The molecule has 0 bridgehead atoms. The largest absolute Gasteiger partial charge is 0.253 e. The number of fused-ring (bicyclic) bond motifs is 3. The molecule has 1 aliphatic rings. The molecule has 0 aliphatic heterocycles. The van der Waals surface area contributed by atoms with Gasteiger partial charge in [0.05, 0.1) is 31.2 Å². The van der Waals surface area contributed by atoms with Gasteiger partial charge >= 0.3 is 0 Å². The van der Waals surface area contributed by atoms with Crippen LogP contribution in [0.4, 0.5) is 0 Å². The van der Waals surface area contributed by atoms with Crippen LogP contribution in [0, 0.1) is 0 Å². The first-order valence-corrected chi connectivity index (χ1v) is 17.0. The number of rotatable bonds is 6. The third-order valence-corrected chi connectivity index (χ3v) is 11.1. The van der Waals surface area contributed by atoms with Crippen molar-refractivity contribution in [2.75, 3.05) is 0 Å². The minimum atomic E-state index is -0.534. The number of alkyl halides is 3. The van der Waals surface area contributed by atoms with Crippen molar-refractivity contribution in [2.45, 2.75) is 72.4 Å². The number of pyridine rings is 3. The second-order valence-electron chi connectivity index (χ2n) is 13.0. The van der Waals surface area contributed by atoms with E-state index in [0.717, 1.165) is 88.3 Å². The van der Waals surface area contributed by atoms with Crippen LogP contribution in [0.5, 0.6) is 0 Å². The SMILES string of the molecule is ClC1(Cc2ccc3ccccc3n2)CCC(Cl)(Cc2ccc3ccccc3n2)CCC(Cl)(Cc2ccc3ccccc3n2)CC1. The number of halogens is 3. The van der Waals surface area contributed by atoms with E-state index >= 15 is 0 Å². The van der Waals surface area contributed by atoms with Crippen LogP contribution >= 0.6 is 34.8 Å². The van der Waals surface area contributed by atoms with Gasteiger partial charge in [0.2, 0.25) is 0 Å². The third-order valence-electron chi connectivity index (χ3n) is 9.53. The maximum atomic E-state index is 7.64. The molecule has 0 atom stereocenters. The van der Waals surface area contributed by atoms with Crippen LogP contribution in [-0.2, 0) is 19.3 Å². The second kappa shape index (κ2) is 12.5. The maximum absolute atomic E-state index is 7.64. The van der Waals surface area contributed by atoms with Gasteiger partial charge in [-0.1, -0.05) is 72.8 Å². The Morgan fingerprint density at radius 3 is 0.933 bits per heavy atom. The molecule has 6 heteroatoms. The Morgan fingerprint density at radius 1 is 0.378 bits per heavy atom. The Kier molecular flexibility index (Phi) is 8.46. The predicted octanol–water partition coefficient (Wildman–Crippen LogP) is 10.6. The summed E-state index contributed by atoms with van der Waals surface area (Å²) in [6.45, 7) is 0. The van der Waals surface area contributed by atoms with Crippen molar-refractivity contribution >= 4 is 67.5 Å². The molecule has 3 aromatic carbocycles. The average Bonchev–Trinajstić information content (AvgIpc) is 3.10. The Labute approximate surface area is 280 Å². The zero-order valence-corrected chi connectivity index (χ0v) is 27.5. The molecule has 1 aliphatic carbocycles. The van der Waals surface area contributed by atoms with Crippen molar-refractivity contribution in [1.82, 2.24) is 15.0 Å². The number of benzene rings is 3. The van der Waals surface area contributed by atoms with E-state index in [4.69, 9.17) is 49.8 Å². The zero-order valence-electron chi connectivity index (χ0n) is 25.2. The Bertz CT molecular complexity index is 1730. The fourth-order valence-corrected chi connectivity index (χ4v) is 7.82. The molecule has 0 amide bonds. The molecule has 0 saturated heterocycles. The van der Waals surface area contributed by atoms with Gasteiger partial charge in [-0.05, 0) is 74.9 Å². The lowest BCUT2D eigenvalue weighted by atomic mass is 9.86. The Morgan fingerprint density at radius 2 is 0.644 bits per heavy atom. The normalized spacial score (nSPS) is 24.3. The minimum Gasteiger partial charge on any atom is -0.253 e. The summed E-state index contributed by atoms with van der Waals surface area (Å²) in [5.74, 6) is 0. The maximum Gasteiger partial charge on any atom is 0.0705 e. The first-order chi connectivity index (χ1) is 21.8. The fourth-order valence-electron chi connectivity index (χ4n) is 6.84. The standard InChI is InChI=1S/C39H36Cl3N3/c40-37(25-31-16-13-28-7-1-4-10-34(28)43-31)19-21-38(41,26-32-17-14-29-8-2-5-11-35(29)44-32)23-24-39(42,22-20-37)27-33-18-15-30-9-3-6-12-36(30)45-33/h1-18H,19-27H2. The molecule has 0 N–H and O–H groups in total. The summed E-state index contributed by atoms with van der Waals surface area (Å²) in [6.07, 6.45) is 6.55. The molecular weight excluding hydrogens is 617 g/mol. The molecule has 1 fully saturated rings.